The third kappa shape index (κ3) is 4.16. The van der Waals surface area contributed by atoms with Gasteiger partial charge in [-0.15, -0.1) is 0 Å². The molecule has 0 aliphatic heterocycles. The van der Waals surface area contributed by atoms with Crippen LogP contribution in [-0.4, -0.2) is 21.4 Å². The van der Waals surface area contributed by atoms with Gasteiger partial charge in [0.2, 0.25) is 0 Å². The van der Waals surface area contributed by atoms with Gasteiger partial charge in [0, 0.05) is 24.6 Å². The zero-order valence-corrected chi connectivity index (χ0v) is 14.8. The van der Waals surface area contributed by atoms with Crippen molar-refractivity contribution in [1.82, 2.24) is 9.55 Å². The van der Waals surface area contributed by atoms with Crippen LogP contribution in [0.25, 0.3) is 5.69 Å². The van der Waals surface area contributed by atoms with Crippen LogP contribution >= 0.6 is 0 Å². The Balaban J connectivity index is 1.76. The summed E-state index contributed by atoms with van der Waals surface area (Å²) in [5, 5.41) is 0. The van der Waals surface area contributed by atoms with Gasteiger partial charge in [0.05, 0.1) is 11.8 Å². The van der Waals surface area contributed by atoms with Crippen molar-refractivity contribution >= 4 is 5.78 Å². The van der Waals surface area contributed by atoms with Crippen molar-refractivity contribution in [2.75, 3.05) is 0 Å². The van der Waals surface area contributed by atoms with Crippen molar-refractivity contribution in [2.45, 2.75) is 58.5 Å². The highest BCUT2D eigenvalue weighted by molar-refractivity contribution is 5.79. The Morgan fingerprint density at radius 2 is 1.84 bits per heavy atom. The molecule has 1 fully saturated rings. The summed E-state index contributed by atoms with van der Waals surface area (Å²) in [4.78, 5) is 28.2. The van der Waals surface area contributed by atoms with E-state index in [1.165, 1.54) is 0 Å². The maximum atomic E-state index is 12.4. The minimum atomic E-state index is -0.0598. The second kappa shape index (κ2) is 7.64. The molecule has 1 heterocycles. The molecule has 1 saturated carbocycles. The van der Waals surface area contributed by atoms with Gasteiger partial charge in [0.25, 0.3) is 5.56 Å². The van der Waals surface area contributed by atoms with Gasteiger partial charge in [-0.1, -0.05) is 13.3 Å². The number of rotatable bonds is 5. The Bertz CT molecular complexity index is 799. The number of carbonyl (C=O) groups is 1. The molecule has 0 radical (unpaired) electrons. The van der Waals surface area contributed by atoms with Crippen molar-refractivity contribution in [3.8, 4) is 11.4 Å². The van der Waals surface area contributed by atoms with Gasteiger partial charge in [-0.2, -0.15) is 0 Å². The van der Waals surface area contributed by atoms with E-state index >= 15 is 0 Å². The third-order valence-corrected chi connectivity index (χ3v) is 4.53. The van der Waals surface area contributed by atoms with E-state index in [1.807, 2.05) is 31.2 Å². The molecule has 1 aromatic heterocycles. The normalized spacial score (nSPS) is 15.4. The van der Waals surface area contributed by atoms with E-state index in [2.05, 4.69) is 11.9 Å². The van der Waals surface area contributed by atoms with Crippen LogP contribution in [0.2, 0.25) is 0 Å². The summed E-state index contributed by atoms with van der Waals surface area (Å²) in [5.74, 6) is 1.78. The highest BCUT2D eigenvalue weighted by Gasteiger charge is 2.20. The van der Waals surface area contributed by atoms with Crippen LogP contribution < -0.4 is 10.3 Å². The van der Waals surface area contributed by atoms with E-state index in [9.17, 15) is 9.59 Å². The minimum Gasteiger partial charge on any atom is -0.490 e. The van der Waals surface area contributed by atoms with Gasteiger partial charge in [0.1, 0.15) is 17.4 Å². The Labute approximate surface area is 147 Å². The maximum absolute atomic E-state index is 12.4. The predicted octanol–water partition coefficient (Wildman–Crippen LogP) is 3.38. The second-order valence-electron chi connectivity index (χ2n) is 6.57. The Kier molecular flexibility index (Phi) is 5.31. The Hall–Kier alpha value is -2.43. The molecule has 0 bridgehead atoms. The molecule has 0 N–H and O–H groups in total. The standard InChI is InChI=1S/C20H24N2O3/c1-3-4-15-13-20(24)22(14(2)21-15)16-5-9-18(10-6-16)25-19-11-7-17(23)8-12-19/h5-6,9-10,13,19H,3-4,7-8,11-12H2,1-2H3. The first-order valence-corrected chi connectivity index (χ1v) is 8.95. The third-order valence-electron chi connectivity index (χ3n) is 4.53. The fourth-order valence-corrected chi connectivity index (χ4v) is 3.25. The van der Waals surface area contributed by atoms with Crippen LogP contribution in [0.3, 0.4) is 0 Å². The molecule has 132 valence electrons. The summed E-state index contributed by atoms with van der Waals surface area (Å²) in [6.45, 7) is 3.92. The number of aryl methyl sites for hydroxylation is 2. The molecule has 1 aromatic carbocycles. The van der Waals surface area contributed by atoms with Crippen molar-refractivity contribution in [3.05, 3.63) is 52.2 Å². The number of benzene rings is 1. The lowest BCUT2D eigenvalue weighted by Gasteiger charge is -2.22. The van der Waals surface area contributed by atoms with Crippen LogP contribution in [0.4, 0.5) is 0 Å². The van der Waals surface area contributed by atoms with Crippen molar-refractivity contribution in [3.63, 3.8) is 0 Å². The Morgan fingerprint density at radius 3 is 2.44 bits per heavy atom. The minimum absolute atomic E-state index is 0.0598. The van der Waals surface area contributed by atoms with Crippen LogP contribution in [0.5, 0.6) is 5.75 Å². The largest absolute Gasteiger partial charge is 0.490 e. The van der Waals surface area contributed by atoms with Gasteiger partial charge < -0.3 is 4.74 Å². The molecular formula is C20H24N2O3. The molecule has 0 atom stereocenters. The number of hydrogen-bond acceptors (Lipinski definition) is 4. The van der Waals surface area contributed by atoms with Crippen molar-refractivity contribution in [1.29, 1.82) is 0 Å². The van der Waals surface area contributed by atoms with Gasteiger partial charge >= 0.3 is 0 Å². The first kappa shape index (κ1) is 17.4. The summed E-state index contributed by atoms with van der Waals surface area (Å²) in [5.41, 5.74) is 1.56. The molecule has 2 aromatic rings. The number of aromatic nitrogens is 2. The number of Topliss-reactive ketones (excluding diaryl/α,β-unsaturated/α-hetero) is 1. The highest BCUT2D eigenvalue weighted by atomic mass is 16.5. The zero-order chi connectivity index (χ0) is 17.8. The molecule has 0 spiro atoms. The van der Waals surface area contributed by atoms with Crippen molar-refractivity contribution in [2.24, 2.45) is 0 Å². The molecule has 1 aliphatic carbocycles. The lowest BCUT2D eigenvalue weighted by Crippen LogP contribution is -2.24. The monoisotopic (exact) mass is 340 g/mol. The molecule has 3 rings (SSSR count). The fourth-order valence-electron chi connectivity index (χ4n) is 3.25. The fraction of sp³-hybridized carbons (Fsp3) is 0.450. The summed E-state index contributed by atoms with van der Waals surface area (Å²) < 4.78 is 7.56. The van der Waals surface area contributed by atoms with E-state index in [-0.39, 0.29) is 11.7 Å². The van der Waals surface area contributed by atoms with Gasteiger partial charge in [-0.05, 0) is 50.5 Å². The average molecular weight is 340 g/mol. The molecule has 0 amide bonds. The van der Waals surface area contributed by atoms with Gasteiger partial charge in [-0.25, -0.2) is 4.98 Å². The number of ketones is 1. The van der Waals surface area contributed by atoms with E-state index in [0.29, 0.717) is 24.4 Å². The van der Waals surface area contributed by atoms with E-state index in [4.69, 9.17) is 4.74 Å². The van der Waals surface area contributed by atoms with Crippen LogP contribution in [-0.2, 0) is 11.2 Å². The Morgan fingerprint density at radius 1 is 1.16 bits per heavy atom. The number of nitrogens with zero attached hydrogens (tertiary/aromatic N) is 2. The van der Waals surface area contributed by atoms with Crippen molar-refractivity contribution < 1.29 is 9.53 Å². The van der Waals surface area contributed by atoms with E-state index in [1.54, 1.807) is 10.6 Å². The molecule has 1 aliphatic rings. The van der Waals surface area contributed by atoms with Crippen LogP contribution in [0.1, 0.15) is 50.5 Å². The lowest BCUT2D eigenvalue weighted by atomic mass is 9.96. The lowest BCUT2D eigenvalue weighted by molar-refractivity contribution is -0.121. The summed E-state index contributed by atoms with van der Waals surface area (Å²) in [6.07, 6.45) is 4.65. The maximum Gasteiger partial charge on any atom is 0.258 e. The van der Waals surface area contributed by atoms with Crippen LogP contribution in [0, 0.1) is 6.92 Å². The summed E-state index contributed by atoms with van der Waals surface area (Å²) in [7, 11) is 0. The smallest absolute Gasteiger partial charge is 0.258 e. The van der Waals surface area contributed by atoms with Gasteiger partial charge in [0.15, 0.2) is 0 Å². The molecule has 0 unspecified atom stereocenters. The zero-order valence-electron chi connectivity index (χ0n) is 14.8. The van der Waals surface area contributed by atoms with E-state index < -0.39 is 0 Å². The molecule has 25 heavy (non-hydrogen) atoms. The summed E-state index contributed by atoms with van der Waals surface area (Å²) in [6, 6.07) is 9.10. The highest BCUT2D eigenvalue weighted by Crippen LogP contribution is 2.23. The van der Waals surface area contributed by atoms with Gasteiger partial charge in [-0.3, -0.25) is 14.2 Å². The number of hydrogen-bond donors (Lipinski definition) is 0. The topological polar surface area (TPSA) is 61.2 Å². The van der Waals surface area contributed by atoms with Crippen LogP contribution in [0.15, 0.2) is 35.1 Å². The summed E-state index contributed by atoms with van der Waals surface area (Å²) >= 11 is 0. The predicted molar refractivity (Wildman–Crippen MR) is 96.5 cm³/mol. The number of carbonyl (C=O) groups excluding carboxylic acids is 1. The first-order chi connectivity index (χ1) is 12.1. The van der Waals surface area contributed by atoms with E-state index in [0.717, 1.165) is 42.8 Å². The first-order valence-electron chi connectivity index (χ1n) is 8.95. The average Bonchev–Trinajstić information content (AvgIpc) is 2.58. The molecular weight excluding hydrogens is 316 g/mol. The SMILES string of the molecule is CCCc1cc(=O)n(-c2ccc(OC3CCC(=O)CC3)cc2)c(C)n1. The molecule has 0 saturated heterocycles. The quantitative estimate of drug-likeness (QED) is 0.837. The molecule has 5 nitrogen and oxygen atoms in total. The molecule has 5 heteroatoms. The number of ether oxygens (including phenoxy) is 1. The second-order valence-corrected chi connectivity index (χ2v) is 6.57.